The van der Waals surface area contributed by atoms with Gasteiger partial charge in [0.2, 0.25) is 5.91 Å². The van der Waals surface area contributed by atoms with Crippen molar-refractivity contribution < 1.29 is 9.53 Å². The highest BCUT2D eigenvalue weighted by Gasteiger charge is 2.10. The van der Waals surface area contributed by atoms with E-state index in [2.05, 4.69) is 16.3 Å². The van der Waals surface area contributed by atoms with Crippen LogP contribution >= 0.6 is 0 Å². The molecule has 0 spiro atoms. The van der Waals surface area contributed by atoms with Gasteiger partial charge in [-0.3, -0.25) is 4.79 Å². The number of para-hydroxylation sites is 1. The number of methoxy groups -OCH3 is 1. The van der Waals surface area contributed by atoms with Crippen LogP contribution < -0.4 is 10.1 Å². The molecule has 0 aliphatic rings. The van der Waals surface area contributed by atoms with Gasteiger partial charge in [-0.1, -0.05) is 60.7 Å². The van der Waals surface area contributed by atoms with E-state index in [1.165, 1.54) is 0 Å². The summed E-state index contributed by atoms with van der Waals surface area (Å²) in [6.07, 6.45) is 0.434. The van der Waals surface area contributed by atoms with E-state index < -0.39 is 0 Å². The summed E-state index contributed by atoms with van der Waals surface area (Å²) >= 11 is 0. The lowest BCUT2D eigenvalue weighted by molar-refractivity contribution is -0.116. The van der Waals surface area contributed by atoms with Crippen LogP contribution in [0.25, 0.3) is 11.1 Å². The first-order chi connectivity index (χ1) is 13.7. The van der Waals surface area contributed by atoms with E-state index in [0.29, 0.717) is 13.0 Å². The molecule has 0 aliphatic carbocycles. The maximum atomic E-state index is 12.5. The molecule has 0 saturated carbocycles. The predicted molar refractivity (Wildman–Crippen MR) is 114 cm³/mol. The molecule has 0 radical (unpaired) electrons. The van der Waals surface area contributed by atoms with Crippen LogP contribution in [0.3, 0.4) is 0 Å². The molecule has 28 heavy (non-hydrogen) atoms. The minimum Gasteiger partial charge on any atom is -0.497 e. The summed E-state index contributed by atoms with van der Waals surface area (Å²) < 4.78 is 5.27. The molecule has 3 aromatic carbocycles. The van der Waals surface area contributed by atoms with Gasteiger partial charge in [0.05, 0.1) is 7.11 Å². The van der Waals surface area contributed by atoms with Gasteiger partial charge < -0.3 is 15.0 Å². The number of nitrogens with zero attached hydrogens (tertiary/aromatic N) is 1. The van der Waals surface area contributed by atoms with Crippen molar-refractivity contribution in [1.82, 2.24) is 4.90 Å². The first-order valence-electron chi connectivity index (χ1n) is 9.41. The van der Waals surface area contributed by atoms with Crippen LogP contribution in [0.2, 0.25) is 0 Å². The van der Waals surface area contributed by atoms with Crippen LogP contribution in [0.4, 0.5) is 5.69 Å². The number of hydrogen-bond donors (Lipinski definition) is 1. The molecule has 3 aromatic rings. The van der Waals surface area contributed by atoms with Crippen molar-refractivity contribution in [2.75, 3.05) is 26.0 Å². The van der Waals surface area contributed by atoms with Gasteiger partial charge in [-0.15, -0.1) is 0 Å². The van der Waals surface area contributed by atoms with E-state index in [1.54, 1.807) is 7.11 Å². The fraction of sp³-hybridized carbons (Fsp3) is 0.208. The zero-order valence-corrected chi connectivity index (χ0v) is 16.4. The molecule has 0 atom stereocenters. The molecular formula is C24H26N2O2. The molecule has 4 nitrogen and oxygen atoms in total. The van der Waals surface area contributed by atoms with Crippen molar-refractivity contribution in [2.24, 2.45) is 0 Å². The normalized spacial score (nSPS) is 10.7. The second kappa shape index (κ2) is 9.72. The highest BCUT2D eigenvalue weighted by atomic mass is 16.5. The first-order valence-corrected chi connectivity index (χ1v) is 9.41. The third-order valence-corrected chi connectivity index (χ3v) is 4.59. The molecule has 0 bridgehead atoms. The first kappa shape index (κ1) is 19.6. The minimum absolute atomic E-state index is 0.0147. The minimum atomic E-state index is 0.0147. The van der Waals surface area contributed by atoms with E-state index in [9.17, 15) is 4.79 Å². The van der Waals surface area contributed by atoms with Gasteiger partial charge in [0.15, 0.2) is 0 Å². The lowest BCUT2D eigenvalue weighted by Crippen LogP contribution is -2.24. The number of amides is 1. The van der Waals surface area contributed by atoms with Crippen molar-refractivity contribution in [1.29, 1.82) is 0 Å². The van der Waals surface area contributed by atoms with Crippen LogP contribution in [0.1, 0.15) is 12.0 Å². The molecule has 1 amide bonds. The fourth-order valence-electron chi connectivity index (χ4n) is 3.13. The lowest BCUT2D eigenvalue weighted by atomic mass is 10.0. The van der Waals surface area contributed by atoms with Gasteiger partial charge in [0.1, 0.15) is 5.75 Å². The number of benzene rings is 3. The summed E-state index contributed by atoms with van der Waals surface area (Å²) in [5, 5.41) is 3.06. The monoisotopic (exact) mass is 374 g/mol. The number of hydrogen-bond acceptors (Lipinski definition) is 3. The summed E-state index contributed by atoms with van der Waals surface area (Å²) in [6, 6.07) is 26.0. The Bertz CT molecular complexity index is 909. The van der Waals surface area contributed by atoms with Crippen molar-refractivity contribution in [3.05, 3.63) is 84.4 Å². The SMILES string of the molecule is COc1cccc(CN(C)CCC(=O)Nc2ccccc2-c2ccccc2)c1. The van der Waals surface area contributed by atoms with Gasteiger partial charge >= 0.3 is 0 Å². The van der Waals surface area contributed by atoms with E-state index in [4.69, 9.17) is 4.74 Å². The quantitative estimate of drug-likeness (QED) is 0.614. The summed E-state index contributed by atoms with van der Waals surface area (Å²) in [5.74, 6) is 0.863. The van der Waals surface area contributed by atoms with E-state index in [-0.39, 0.29) is 5.91 Å². The Hall–Kier alpha value is -3.11. The number of rotatable bonds is 8. The zero-order chi connectivity index (χ0) is 19.8. The summed E-state index contributed by atoms with van der Waals surface area (Å²) in [7, 11) is 3.69. The molecule has 0 saturated heterocycles. The van der Waals surface area contributed by atoms with Gasteiger partial charge in [-0.2, -0.15) is 0 Å². The Morgan fingerprint density at radius 1 is 0.964 bits per heavy atom. The van der Waals surface area contributed by atoms with Crippen molar-refractivity contribution in [3.63, 3.8) is 0 Å². The van der Waals surface area contributed by atoms with Crippen LogP contribution in [-0.2, 0) is 11.3 Å². The van der Waals surface area contributed by atoms with Crippen molar-refractivity contribution in [3.8, 4) is 16.9 Å². The Labute approximate surface area is 166 Å². The smallest absolute Gasteiger partial charge is 0.225 e. The Kier molecular flexibility index (Phi) is 6.82. The number of ether oxygens (including phenoxy) is 1. The molecule has 0 fully saturated rings. The average Bonchev–Trinajstić information content (AvgIpc) is 2.73. The van der Waals surface area contributed by atoms with Crippen LogP contribution in [0.15, 0.2) is 78.9 Å². The maximum absolute atomic E-state index is 12.5. The number of anilines is 1. The Balaban J connectivity index is 1.56. The predicted octanol–water partition coefficient (Wildman–Crippen LogP) is 4.82. The largest absolute Gasteiger partial charge is 0.497 e. The molecule has 3 rings (SSSR count). The van der Waals surface area contributed by atoms with E-state index in [0.717, 1.165) is 34.7 Å². The Morgan fingerprint density at radius 2 is 1.71 bits per heavy atom. The number of carbonyl (C=O) groups is 1. The van der Waals surface area contributed by atoms with Gasteiger partial charge in [0.25, 0.3) is 0 Å². The molecular weight excluding hydrogens is 348 g/mol. The highest BCUT2D eigenvalue weighted by molar-refractivity contribution is 5.95. The van der Waals surface area contributed by atoms with E-state index >= 15 is 0 Å². The van der Waals surface area contributed by atoms with Crippen molar-refractivity contribution in [2.45, 2.75) is 13.0 Å². The second-order valence-corrected chi connectivity index (χ2v) is 6.80. The third-order valence-electron chi connectivity index (χ3n) is 4.59. The van der Waals surface area contributed by atoms with Gasteiger partial charge in [-0.05, 0) is 36.4 Å². The molecule has 0 unspecified atom stereocenters. The average molecular weight is 374 g/mol. The fourth-order valence-corrected chi connectivity index (χ4v) is 3.13. The van der Waals surface area contributed by atoms with Crippen LogP contribution in [-0.4, -0.2) is 31.5 Å². The molecule has 144 valence electrons. The summed E-state index contributed by atoms with van der Waals surface area (Å²) in [4.78, 5) is 14.6. The maximum Gasteiger partial charge on any atom is 0.225 e. The molecule has 1 N–H and O–H groups in total. The zero-order valence-electron chi connectivity index (χ0n) is 16.4. The van der Waals surface area contributed by atoms with E-state index in [1.807, 2.05) is 79.8 Å². The standard InChI is InChI=1S/C24H26N2O2/c1-26(18-19-9-8-12-21(17-19)28-2)16-15-24(27)25-23-14-7-6-13-22(23)20-10-4-3-5-11-20/h3-14,17H,15-16,18H2,1-2H3,(H,25,27). The number of nitrogens with one attached hydrogen (secondary N) is 1. The highest BCUT2D eigenvalue weighted by Crippen LogP contribution is 2.27. The molecule has 0 heterocycles. The molecule has 0 aromatic heterocycles. The van der Waals surface area contributed by atoms with Gasteiger partial charge in [0, 0.05) is 30.8 Å². The number of carbonyl (C=O) groups excluding carboxylic acids is 1. The van der Waals surface area contributed by atoms with Crippen LogP contribution in [0.5, 0.6) is 5.75 Å². The third kappa shape index (κ3) is 5.44. The summed E-state index contributed by atoms with van der Waals surface area (Å²) in [6.45, 7) is 1.45. The van der Waals surface area contributed by atoms with Crippen molar-refractivity contribution >= 4 is 11.6 Å². The molecule has 4 heteroatoms. The topological polar surface area (TPSA) is 41.6 Å². The lowest BCUT2D eigenvalue weighted by Gasteiger charge is -2.17. The van der Waals surface area contributed by atoms with Crippen LogP contribution in [0, 0.1) is 0 Å². The Morgan fingerprint density at radius 3 is 2.50 bits per heavy atom. The van der Waals surface area contributed by atoms with Gasteiger partial charge in [-0.25, -0.2) is 0 Å². The summed E-state index contributed by atoms with van der Waals surface area (Å²) in [5.41, 5.74) is 4.13. The second-order valence-electron chi connectivity index (χ2n) is 6.80. The molecule has 0 aliphatic heterocycles.